The molecule has 0 unspecified atom stereocenters. The molecular weight excluding hydrogens is 212 g/mol. The monoisotopic (exact) mass is 238 g/mol. The number of rotatable bonds is 10. The van der Waals surface area contributed by atoms with Gasteiger partial charge in [-0.15, -0.1) is 0 Å². The van der Waals surface area contributed by atoms with Gasteiger partial charge in [-0.1, -0.05) is 50.0 Å². The summed E-state index contributed by atoms with van der Waals surface area (Å²) < 4.78 is 4.87. The van der Waals surface area contributed by atoms with Crippen LogP contribution in [0.15, 0.2) is 24.3 Å². The molecule has 0 aromatic heterocycles. The van der Waals surface area contributed by atoms with Gasteiger partial charge in [0.2, 0.25) is 0 Å². The van der Waals surface area contributed by atoms with E-state index in [0.717, 1.165) is 6.42 Å². The summed E-state index contributed by atoms with van der Waals surface area (Å²) in [6.45, 7) is 4.07. The molecule has 0 spiro atoms. The highest BCUT2D eigenvalue weighted by atomic mass is 16.5. The molecule has 0 aliphatic heterocycles. The zero-order chi connectivity index (χ0) is 12.8. The first-order valence-corrected chi connectivity index (χ1v) is 6.68. The summed E-state index contributed by atoms with van der Waals surface area (Å²) in [6, 6.07) is 0. The van der Waals surface area contributed by atoms with Gasteiger partial charge in [-0.25, -0.2) is 0 Å². The Morgan fingerprint density at radius 2 is 1.65 bits per heavy atom. The Labute approximate surface area is 106 Å². The number of carbonyl (C=O) groups is 1. The Morgan fingerprint density at radius 3 is 2.29 bits per heavy atom. The lowest BCUT2D eigenvalue weighted by Gasteiger charge is -2.01. The predicted octanol–water partition coefficient (Wildman–Crippen LogP) is 4.41. The third kappa shape index (κ3) is 14.9. The lowest BCUT2D eigenvalue weighted by atomic mass is 10.1. The zero-order valence-electron chi connectivity index (χ0n) is 11.3. The van der Waals surface area contributed by atoms with E-state index >= 15 is 0 Å². The van der Waals surface area contributed by atoms with E-state index in [-0.39, 0.29) is 5.97 Å². The highest BCUT2D eigenvalue weighted by Crippen LogP contribution is 2.07. The van der Waals surface area contributed by atoms with Crippen molar-refractivity contribution < 1.29 is 9.53 Å². The third-order valence-corrected chi connectivity index (χ3v) is 2.51. The molecule has 2 nitrogen and oxygen atoms in total. The molecule has 0 heterocycles. The van der Waals surface area contributed by atoms with Crippen LogP contribution >= 0.6 is 0 Å². The van der Waals surface area contributed by atoms with Crippen LogP contribution in [-0.2, 0) is 9.53 Å². The fourth-order valence-corrected chi connectivity index (χ4v) is 1.57. The van der Waals surface area contributed by atoms with E-state index in [9.17, 15) is 4.79 Å². The second-order valence-electron chi connectivity index (χ2n) is 4.20. The van der Waals surface area contributed by atoms with Crippen molar-refractivity contribution in [3.63, 3.8) is 0 Å². The van der Waals surface area contributed by atoms with Crippen LogP contribution in [0, 0.1) is 0 Å². The van der Waals surface area contributed by atoms with Gasteiger partial charge >= 0.3 is 5.97 Å². The molecule has 0 bridgehead atoms. The highest BCUT2D eigenvalue weighted by molar-refractivity contribution is 5.65. The minimum atomic E-state index is -0.169. The Balaban J connectivity index is 3.06. The molecule has 0 fully saturated rings. The third-order valence-electron chi connectivity index (χ3n) is 2.51. The second-order valence-corrected chi connectivity index (χ2v) is 4.20. The van der Waals surface area contributed by atoms with Crippen LogP contribution in [0.25, 0.3) is 0 Å². The molecule has 0 rings (SSSR count). The predicted molar refractivity (Wildman–Crippen MR) is 72.9 cm³/mol. The SMILES string of the molecule is C/C=C/C=C\CCCCCCCCOC(C)=O. The summed E-state index contributed by atoms with van der Waals surface area (Å²) in [4.78, 5) is 10.5. The first kappa shape index (κ1) is 16.0. The second kappa shape index (κ2) is 13.0. The van der Waals surface area contributed by atoms with Gasteiger partial charge < -0.3 is 4.74 Å². The summed E-state index contributed by atoms with van der Waals surface area (Å²) in [7, 11) is 0. The summed E-state index contributed by atoms with van der Waals surface area (Å²) in [6.07, 6.45) is 16.9. The van der Waals surface area contributed by atoms with Crippen LogP contribution in [-0.4, -0.2) is 12.6 Å². The van der Waals surface area contributed by atoms with Crippen molar-refractivity contribution in [3.8, 4) is 0 Å². The molecule has 0 aromatic carbocycles. The molecule has 0 aliphatic carbocycles. The van der Waals surface area contributed by atoms with Crippen LogP contribution in [0.2, 0.25) is 0 Å². The fraction of sp³-hybridized carbons (Fsp3) is 0.667. The molecular formula is C15H26O2. The molecule has 2 heteroatoms. The van der Waals surface area contributed by atoms with Gasteiger partial charge in [0, 0.05) is 6.92 Å². The van der Waals surface area contributed by atoms with Crippen LogP contribution in [0.4, 0.5) is 0 Å². The number of allylic oxidation sites excluding steroid dienone is 4. The summed E-state index contributed by atoms with van der Waals surface area (Å²) in [5.41, 5.74) is 0. The fourth-order valence-electron chi connectivity index (χ4n) is 1.57. The first-order chi connectivity index (χ1) is 8.27. The van der Waals surface area contributed by atoms with Crippen LogP contribution in [0.3, 0.4) is 0 Å². The van der Waals surface area contributed by atoms with E-state index in [2.05, 4.69) is 18.2 Å². The number of carbonyl (C=O) groups excluding carboxylic acids is 1. The lowest BCUT2D eigenvalue weighted by molar-refractivity contribution is -0.141. The molecule has 0 aliphatic rings. The van der Waals surface area contributed by atoms with Gasteiger partial charge in [-0.3, -0.25) is 4.79 Å². The van der Waals surface area contributed by atoms with Crippen molar-refractivity contribution in [3.05, 3.63) is 24.3 Å². The van der Waals surface area contributed by atoms with Crippen LogP contribution in [0.1, 0.15) is 58.8 Å². The van der Waals surface area contributed by atoms with Crippen LogP contribution < -0.4 is 0 Å². The number of ether oxygens (including phenoxy) is 1. The largest absolute Gasteiger partial charge is 0.466 e. The number of esters is 1. The van der Waals surface area contributed by atoms with E-state index in [0.29, 0.717) is 6.61 Å². The average molecular weight is 238 g/mol. The molecule has 98 valence electrons. The Morgan fingerprint density at radius 1 is 1.00 bits per heavy atom. The van der Waals surface area contributed by atoms with Crippen molar-refractivity contribution in [1.29, 1.82) is 0 Å². The molecule has 0 saturated carbocycles. The van der Waals surface area contributed by atoms with Crippen LogP contribution in [0.5, 0.6) is 0 Å². The van der Waals surface area contributed by atoms with Gasteiger partial charge in [0.25, 0.3) is 0 Å². The minimum absolute atomic E-state index is 0.169. The maximum Gasteiger partial charge on any atom is 0.302 e. The quantitative estimate of drug-likeness (QED) is 0.320. The van der Waals surface area contributed by atoms with E-state index in [1.807, 2.05) is 13.0 Å². The van der Waals surface area contributed by atoms with Crippen molar-refractivity contribution in [2.24, 2.45) is 0 Å². The lowest BCUT2D eigenvalue weighted by Crippen LogP contribution is -1.99. The normalized spacial score (nSPS) is 11.4. The maximum absolute atomic E-state index is 10.5. The number of unbranched alkanes of at least 4 members (excludes halogenated alkanes) is 6. The van der Waals surface area contributed by atoms with Crippen molar-refractivity contribution in [2.45, 2.75) is 58.8 Å². The van der Waals surface area contributed by atoms with Gasteiger partial charge in [0.15, 0.2) is 0 Å². The van der Waals surface area contributed by atoms with Gasteiger partial charge in [-0.05, 0) is 26.2 Å². The summed E-state index contributed by atoms with van der Waals surface area (Å²) in [5.74, 6) is -0.169. The van der Waals surface area contributed by atoms with Crippen molar-refractivity contribution >= 4 is 5.97 Å². The van der Waals surface area contributed by atoms with Crippen molar-refractivity contribution in [1.82, 2.24) is 0 Å². The maximum atomic E-state index is 10.5. The number of hydrogen-bond donors (Lipinski definition) is 0. The Bertz CT molecular complexity index is 229. The molecule has 0 atom stereocenters. The van der Waals surface area contributed by atoms with Gasteiger partial charge in [-0.2, -0.15) is 0 Å². The standard InChI is InChI=1S/C15H26O2/c1-3-4-5-6-7-8-9-10-11-12-13-14-17-15(2)16/h3-6H,7-14H2,1-2H3/b4-3+,6-5-. The number of hydrogen-bond acceptors (Lipinski definition) is 2. The molecule has 0 aromatic rings. The molecule has 0 radical (unpaired) electrons. The van der Waals surface area contributed by atoms with E-state index in [1.54, 1.807) is 0 Å². The zero-order valence-corrected chi connectivity index (χ0v) is 11.3. The summed E-state index contributed by atoms with van der Waals surface area (Å²) in [5, 5.41) is 0. The average Bonchev–Trinajstić information content (AvgIpc) is 2.30. The molecule has 0 N–H and O–H groups in total. The Hall–Kier alpha value is -1.05. The summed E-state index contributed by atoms with van der Waals surface area (Å²) >= 11 is 0. The first-order valence-electron chi connectivity index (χ1n) is 6.68. The molecule has 0 amide bonds. The van der Waals surface area contributed by atoms with E-state index in [1.165, 1.54) is 45.4 Å². The molecule has 17 heavy (non-hydrogen) atoms. The Kier molecular flexibility index (Phi) is 12.2. The van der Waals surface area contributed by atoms with E-state index < -0.39 is 0 Å². The molecule has 0 saturated heterocycles. The van der Waals surface area contributed by atoms with Gasteiger partial charge in [0.1, 0.15) is 0 Å². The van der Waals surface area contributed by atoms with Gasteiger partial charge in [0.05, 0.1) is 6.61 Å². The minimum Gasteiger partial charge on any atom is -0.466 e. The van der Waals surface area contributed by atoms with E-state index in [4.69, 9.17) is 4.74 Å². The van der Waals surface area contributed by atoms with Crippen molar-refractivity contribution in [2.75, 3.05) is 6.61 Å². The smallest absolute Gasteiger partial charge is 0.302 e. The topological polar surface area (TPSA) is 26.3 Å². The highest BCUT2D eigenvalue weighted by Gasteiger charge is 1.93.